The molecule has 140 valence electrons. The van der Waals surface area contributed by atoms with E-state index in [1.807, 2.05) is 30.3 Å². The van der Waals surface area contributed by atoms with E-state index in [1.54, 1.807) is 6.07 Å². The maximum atomic E-state index is 12.3. The van der Waals surface area contributed by atoms with Crippen molar-refractivity contribution in [3.05, 3.63) is 67.9 Å². The van der Waals surface area contributed by atoms with E-state index < -0.39 is 0 Å². The molecule has 0 aliphatic heterocycles. The Hall–Kier alpha value is -1.65. The van der Waals surface area contributed by atoms with Crippen molar-refractivity contribution in [3.63, 3.8) is 0 Å². The molecule has 0 bridgehead atoms. The standard InChI is InChI=1S/C19H17BrIN3O2S/c20-14-9-13-10-16(26-17(13)15(21)11-14)18(25)23-24-19(27)22-8-4-7-12-5-2-1-3-6-12/h1-3,5-6,9-11H,4,7-8H2,(H,23,25)(H2,22,24,27). The lowest BCUT2D eigenvalue weighted by Crippen LogP contribution is -2.46. The van der Waals surface area contributed by atoms with E-state index in [4.69, 9.17) is 16.6 Å². The first-order valence-electron chi connectivity index (χ1n) is 8.29. The van der Waals surface area contributed by atoms with Crippen molar-refractivity contribution in [1.82, 2.24) is 16.2 Å². The SMILES string of the molecule is O=C(NNC(=S)NCCCc1ccccc1)c1cc2cc(Br)cc(I)c2o1. The van der Waals surface area contributed by atoms with Gasteiger partial charge in [0.15, 0.2) is 10.9 Å². The van der Waals surface area contributed by atoms with E-state index >= 15 is 0 Å². The molecule has 8 heteroatoms. The highest BCUT2D eigenvalue weighted by Gasteiger charge is 2.14. The smallest absolute Gasteiger partial charge is 0.305 e. The number of fused-ring (bicyclic) bond motifs is 1. The van der Waals surface area contributed by atoms with Crippen LogP contribution in [0.2, 0.25) is 0 Å². The van der Waals surface area contributed by atoms with Gasteiger partial charge in [-0.1, -0.05) is 46.3 Å². The summed E-state index contributed by atoms with van der Waals surface area (Å²) in [5, 5.41) is 4.30. The van der Waals surface area contributed by atoms with Gasteiger partial charge in [-0.2, -0.15) is 0 Å². The minimum Gasteiger partial charge on any atom is -0.450 e. The van der Waals surface area contributed by atoms with Crippen LogP contribution in [0, 0.1) is 3.57 Å². The summed E-state index contributed by atoms with van der Waals surface area (Å²) in [6.45, 7) is 0.716. The summed E-state index contributed by atoms with van der Waals surface area (Å²) in [7, 11) is 0. The molecule has 0 spiro atoms. The molecule has 0 aliphatic carbocycles. The molecule has 2 aromatic carbocycles. The summed E-state index contributed by atoms with van der Waals surface area (Å²) in [5.41, 5.74) is 7.23. The van der Waals surface area contributed by atoms with Crippen molar-refractivity contribution in [3.8, 4) is 0 Å². The van der Waals surface area contributed by atoms with E-state index in [-0.39, 0.29) is 11.7 Å². The average molecular weight is 558 g/mol. The molecule has 3 N–H and O–H groups in total. The molecule has 1 aromatic heterocycles. The Balaban J connectivity index is 1.44. The number of halogens is 2. The van der Waals surface area contributed by atoms with Crippen LogP contribution in [-0.2, 0) is 6.42 Å². The largest absolute Gasteiger partial charge is 0.450 e. The lowest BCUT2D eigenvalue weighted by atomic mass is 10.1. The fourth-order valence-electron chi connectivity index (χ4n) is 2.55. The van der Waals surface area contributed by atoms with E-state index in [0.29, 0.717) is 17.2 Å². The molecule has 0 unspecified atom stereocenters. The summed E-state index contributed by atoms with van der Waals surface area (Å²) in [6, 6.07) is 15.8. The number of amides is 1. The summed E-state index contributed by atoms with van der Waals surface area (Å²) >= 11 is 10.8. The van der Waals surface area contributed by atoms with Crippen LogP contribution >= 0.6 is 50.7 Å². The third-order valence-corrected chi connectivity index (χ3v) is 5.33. The van der Waals surface area contributed by atoms with E-state index in [2.05, 4.69) is 66.8 Å². The molecule has 1 heterocycles. The minimum atomic E-state index is -0.383. The molecule has 0 aliphatic rings. The number of aryl methyl sites for hydroxylation is 1. The summed E-state index contributed by atoms with van der Waals surface area (Å²) < 4.78 is 7.52. The monoisotopic (exact) mass is 557 g/mol. The van der Waals surface area contributed by atoms with Gasteiger partial charge >= 0.3 is 5.91 Å². The van der Waals surface area contributed by atoms with Crippen LogP contribution in [0.25, 0.3) is 11.0 Å². The van der Waals surface area contributed by atoms with Gasteiger partial charge in [-0.3, -0.25) is 15.6 Å². The molecule has 5 nitrogen and oxygen atoms in total. The zero-order valence-corrected chi connectivity index (χ0v) is 18.8. The number of hydrogen-bond donors (Lipinski definition) is 3. The summed E-state index contributed by atoms with van der Waals surface area (Å²) in [6.07, 6.45) is 1.91. The number of carbonyl (C=O) groups is 1. The topological polar surface area (TPSA) is 66.3 Å². The van der Waals surface area contributed by atoms with Crippen LogP contribution in [0.3, 0.4) is 0 Å². The maximum Gasteiger partial charge on any atom is 0.305 e. The molecular formula is C19H17BrIN3O2S. The maximum absolute atomic E-state index is 12.3. The lowest BCUT2D eigenvalue weighted by Gasteiger charge is -2.10. The van der Waals surface area contributed by atoms with Crippen LogP contribution in [-0.4, -0.2) is 17.6 Å². The van der Waals surface area contributed by atoms with Gasteiger partial charge in [0.05, 0.1) is 3.57 Å². The van der Waals surface area contributed by atoms with E-state index in [1.165, 1.54) is 5.56 Å². The van der Waals surface area contributed by atoms with Gasteiger partial charge in [0.1, 0.15) is 5.58 Å². The number of benzene rings is 2. The highest BCUT2D eigenvalue weighted by atomic mass is 127. The number of thiocarbonyl (C=S) groups is 1. The molecule has 1 amide bonds. The predicted octanol–water partition coefficient (Wildman–Crippen LogP) is 4.54. The van der Waals surface area contributed by atoms with Crippen LogP contribution in [0.4, 0.5) is 0 Å². The second kappa shape index (κ2) is 9.52. The third-order valence-electron chi connectivity index (χ3n) is 3.82. The van der Waals surface area contributed by atoms with Crippen molar-refractivity contribution in [2.24, 2.45) is 0 Å². The van der Waals surface area contributed by atoms with Gasteiger partial charge in [0, 0.05) is 16.4 Å². The first kappa shape index (κ1) is 20.1. The van der Waals surface area contributed by atoms with Crippen molar-refractivity contribution in [1.29, 1.82) is 0 Å². The van der Waals surface area contributed by atoms with Crippen LogP contribution in [0.1, 0.15) is 22.5 Å². The zero-order chi connectivity index (χ0) is 19.2. The fourth-order valence-corrected chi connectivity index (χ4v) is 4.36. The van der Waals surface area contributed by atoms with Crippen molar-refractivity contribution < 1.29 is 9.21 Å². The Bertz CT molecular complexity index is 962. The van der Waals surface area contributed by atoms with Crippen molar-refractivity contribution in [2.45, 2.75) is 12.8 Å². The van der Waals surface area contributed by atoms with Crippen LogP contribution < -0.4 is 16.2 Å². The molecule has 0 fully saturated rings. The highest BCUT2D eigenvalue weighted by Crippen LogP contribution is 2.28. The van der Waals surface area contributed by atoms with E-state index in [9.17, 15) is 4.79 Å². The first-order chi connectivity index (χ1) is 13.0. The van der Waals surface area contributed by atoms with E-state index in [0.717, 1.165) is 26.3 Å². The van der Waals surface area contributed by atoms with Gasteiger partial charge < -0.3 is 9.73 Å². The van der Waals surface area contributed by atoms with Gasteiger partial charge in [-0.05, 0) is 71.4 Å². The Morgan fingerprint density at radius 3 is 2.70 bits per heavy atom. The van der Waals surface area contributed by atoms with Crippen LogP contribution in [0.5, 0.6) is 0 Å². The molecule has 27 heavy (non-hydrogen) atoms. The quantitative estimate of drug-likeness (QED) is 0.186. The minimum absolute atomic E-state index is 0.223. The molecule has 0 saturated heterocycles. The second-order valence-corrected chi connectivity index (χ2v) is 8.33. The Labute approximate surface area is 184 Å². The van der Waals surface area contributed by atoms with Gasteiger partial charge in [0.2, 0.25) is 0 Å². The molecule has 0 saturated carbocycles. The Morgan fingerprint density at radius 2 is 1.93 bits per heavy atom. The number of nitrogens with one attached hydrogen (secondary N) is 3. The molecule has 3 aromatic rings. The fraction of sp³-hybridized carbons (Fsp3) is 0.158. The number of rotatable bonds is 5. The van der Waals surface area contributed by atoms with Gasteiger partial charge in [-0.25, -0.2) is 0 Å². The summed E-state index contributed by atoms with van der Waals surface area (Å²) in [4.78, 5) is 12.3. The Kier molecular flexibility index (Phi) is 7.08. The highest BCUT2D eigenvalue weighted by molar-refractivity contribution is 14.1. The summed E-state index contributed by atoms with van der Waals surface area (Å²) in [5.74, 6) is -0.160. The lowest BCUT2D eigenvalue weighted by molar-refractivity contribution is 0.0918. The molecule has 0 atom stereocenters. The molecular weight excluding hydrogens is 541 g/mol. The van der Waals surface area contributed by atoms with Crippen LogP contribution in [0.15, 0.2) is 57.4 Å². The first-order valence-corrected chi connectivity index (χ1v) is 10.6. The van der Waals surface area contributed by atoms with Gasteiger partial charge in [0.25, 0.3) is 0 Å². The van der Waals surface area contributed by atoms with Crippen molar-refractivity contribution in [2.75, 3.05) is 6.54 Å². The number of hydrazine groups is 1. The second-order valence-electron chi connectivity index (χ2n) is 5.84. The van der Waals surface area contributed by atoms with Gasteiger partial charge in [-0.15, -0.1) is 0 Å². The third kappa shape index (κ3) is 5.66. The van der Waals surface area contributed by atoms with Crippen molar-refractivity contribution >= 4 is 72.7 Å². The number of carbonyl (C=O) groups excluding carboxylic acids is 1. The zero-order valence-electron chi connectivity index (χ0n) is 14.2. The predicted molar refractivity (Wildman–Crippen MR) is 123 cm³/mol. The molecule has 3 rings (SSSR count). The molecule has 0 radical (unpaired) electrons. The average Bonchev–Trinajstić information content (AvgIpc) is 3.08. The number of furan rings is 1. The number of hydrogen-bond acceptors (Lipinski definition) is 3. The normalized spacial score (nSPS) is 10.6. The Morgan fingerprint density at radius 1 is 1.15 bits per heavy atom.